The quantitative estimate of drug-likeness (QED) is 0.0470. The van der Waals surface area contributed by atoms with Gasteiger partial charge in [-0.1, -0.05) is 200 Å². The molecule has 0 aliphatic heterocycles. The third kappa shape index (κ3) is 33.0. The molecule has 0 saturated carbocycles. The van der Waals surface area contributed by atoms with Crippen LogP contribution in [0.1, 0.15) is 90.5 Å². The summed E-state index contributed by atoms with van der Waals surface area (Å²) < 4.78 is 36.6. The summed E-state index contributed by atoms with van der Waals surface area (Å²) >= 11 is 4.54. The van der Waals surface area contributed by atoms with Crippen LogP contribution >= 0.6 is 45.2 Å². The number of para-hydroxylation sites is 6. The number of halogens is 2. The molecule has 0 amide bonds. The highest BCUT2D eigenvalue weighted by Crippen LogP contribution is 2.36. The van der Waals surface area contributed by atoms with Gasteiger partial charge < -0.3 is 43.5 Å². The minimum Gasteiger partial charge on any atom is -0.491 e. The van der Waals surface area contributed by atoms with E-state index < -0.39 is 0 Å². The van der Waals surface area contributed by atoms with Crippen molar-refractivity contribution in [2.24, 2.45) is 0 Å². The second-order valence-electron chi connectivity index (χ2n) is 17.4. The minimum atomic E-state index is 0. The number of nitrogens with one attached hydrogen (secondary N) is 1. The first-order chi connectivity index (χ1) is 45.0. The molecule has 0 heterocycles. The second-order valence-corrected chi connectivity index (χ2v) is 19.9. The van der Waals surface area contributed by atoms with E-state index in [0.717, 1.165) is 68.5 Å². The van der Waals surface area contributed by atoms with Crippen molar-refractivity contribution >= 4 is 90.7 Å². The highest BCUT2D eigenvalue weighted by molar-refractivity contribution is 14.1. The molecule has 0 aliphatic carbocycles. The van der Waals surface area contributed by atoms with E-state index in [4.69, 9.17) is 28.4 Å². The zero-order valence-electron chi connectivity index (χ0n) is 55.8. The Balaban J connectivity index is 0.000000744. The Kier molecular flexibility index (Phi) is 49.0. The highest BCUT2D eigenvalue weighted by Gasteiger charge is 2.13. The molecule has 0 atom stereocenters. The summed E-state index contributed by atoms with van der Waals surface area (Å²) in [5.41, 5.74) is 8.77. The van der Waals surface area contributed by atoms with Gasteiger partial charge in [0.1, 0.15) is 49.4 Å². The van der Waals surface area contributed by atoms with E-state index in [2.05, 4.69) is 182 Å². The summed E-state index contributed by atoms with van der Waals surface area (Å²) in [6, 6.07) is 93.9. The SMILES string of the molecule is C.CC.CC.CC.CC.CC.CC.Ic1ccc(OCCOCCOc2ccc(I)cc2)cc1.c1ccc(N(c2ccccc2)c2ccc(OCCOCCOc3ccc(N(c4ccccc4)c4ccccc4)cc3)cc2)cc1.c1ccc(Nc2ccccc2)cc1. The van der Waals surface area contributed by atoms with Crippen LogP contribution in [0.4, 0.5) is 45.5 Å². The number of anilines is 8. The predicted molar refractivity (Wildman–Crippen MR) is 415 cm³/mol. The monoisotopic (exact) mass is 1470 g/mol. The Hall–Kier alpha value is -7.82. The van der Waals surface area contributed by atoms with E-state index in [1.54, 1.807) is 0 Å². The molecule has 10 rings (SSSR count). The maximum absolute atomic E-state index is 5.94. The first-order valence-electron chi connectivity index (χ1n) is 32.1. The lowest BCUT2D eigenvalue weighted by atomic mass is 10.2. The zero-order valence-corrected chi connectivity index (χ0v) is 60.1. The Morgan fingerprint density at radius 3 is 0.641 bits per heavy atom. The lowest BCUT2D eigenvalue weighted by Crippen LogP contribution is -2.12. The van der Waals surface area contributed by atoms with Crippen LogP contribution in [0.5, 0.6) is 23.0 Å². The van der Waals surface area contributed by atoms with Gasteiger partial charge >= 0.3 is 0 Å². The molecule has 92 heavy (non-hydrogen) atoms. The molecule has 0 fully saturated rings. The van der Waals surface area contributed by atoms with E-state index in [-0.39, 0.29) is 7.43 Å². The lowest BCUT2D eigenvalue weighted by molar-refractivity contribution is 0.0764. The molecule has 9 nitrogen and oxygen atoms in total. The molecule has 492 valence electrons. The summed E-state index contributed by atoms with van der Waals surface area (Å²) in [6.07, 6.45) is 0. The van der Waals surface area contributed by atoms with Crippen LogP contribution in [-0.2, 0) is 9.47 Å². The molecule has 0 spiro atoms. The fourth-order valence-corrected chi connectivity index (χ4v) is 8.65. The van der Waals surface area contributed by atoms with Crippen molar-refractivity contribution in [1.29, 1.82) is 0 Å². The molecule has 0 aromatic heterocycles. The normalized spacial score (nSPS) is 9.33. The molecule has 0 radical (unpaired) electrons. The van der Waals surface area contributed by atoms with Crippen LogP contribution in [-0.4, -0.2) is 52.9 Å². The van der Waals surface area contributed by atoms with Crippen LogP contribution < -0.4 is 34.1 Å². The van der Waals surface area contributed by atoms with Crippen LogP contribution in [0.3, 0.4) is 0 Å². The number of rotatable bonds is 24. The van der Waals surface area contributed by atoms with Crippen molar-refractivity contribution in [3.63, 3.8) is 0 Å². The Morgan fingerprint density at radius 2 is 0.424 bits per heavy atom. The third-order valence-corrected chi connectivity index (χ3v) is 13.1. The van der Waals surface area contributed by atoms with Crippen molar-refractivity contribution in [3.8, 4) is 23.0 Å². The Morgan fingerprint density at radius 1 is 0.239 bits per heavy atom. The largest absolute Gasteiger partial charge is 0.491 e. The summed E-state index contributed by atoms with van der Waals surface area (Å²) in [6.45, 7) is 28.1. The fourth-order valence-electron chi connectivity index (χ4n) is 7.93. The van der Waals surface area contributed by atoms with E-state index in [0.29, 0.717) is 52.9 Å². The summed E-state index contributed by atoms with van der Waals surface area (Å²) in [5, 5.41) is 3.30. The van der Waals surface area contributed by atoms with Gasteiger partial charge in [-0.3, -0.25) is 0 Å². The third-order valence-electron chi connectivity index (χ3n) is 11.7. The average Bonchev–Trinajstić information content (AvgIpc) is 0.891. The maximum Gasteiger partial charge on any atom is 0.119 e. The first-order valence-corrected chi connectivity index (χ1v) is 34.3. The number of benzene rings is 10. The highest BCUT2D eigenvalue weighted by atomic mass is 127. The van der Waals surface area contributed by atoms with Gasteiger partial charge in [-0.15, -0.1) is 0 Å². The molecular formula is C81H103I2N3O6. The van der Waals surface area contributed by atoms with Gasteiger partial charge in [0.25, 0.3) is 0 Å². The van der Waals surface area contributed by atoms with Crippen molar-refractivity contribution in [2.45, 2.75) is 90.5 Å². The van der Waals surface area contributed by atoms with Crippen LogP contribution in [0, 0.1) is 7.14 Å². The molecule has 0 saturated heterocycles. The second kappa shape index (κ2) is 54.9. The van der Waals surface area contributed by atoms with Gasteiger partial charge in [-0.25, -0.2) is 0 Å². The van der Waals surface area contributed by atoms with Crippen LogP contribution in [0.15, 0.2) is 279 Å². The fraction of sp³-hybridized carbons (Fsp3) is 0.259. The molecule has 11 heteroatoms. The number of hydrogen-bond donors (Lipinski definition) is 1. The average molecular weight is 1470 g/mol. The summed E-state index contributed by atoms with van der Waals surface area (Å²) in [7, 11) is 0. The van der Waals surface area contributed by atoms with E-state index in [1.165, 1.54) is 7.14 Å². The number of ether oxygens (including phenoxy) is 6. The van der Waals surface area contributed by atoms with E-state index in [1.807, 2.05) is 241 Å². The van der Waals surface area contributed by atoms with Crippen molar-refractivity contribution in [2.75, 3.05) is 68.0 Å². The molecule has 0 unspecified atom stereocenters. The number of hydrogen-bond acceptors (Lipinski definition) is 9. The molecule has 0 aliphatic rings. The summed E-state index contributed by atoms with van der Waals surface area (Å²) in [4.78, 5) is 4.45. The first kappa shape index (κ1) is 82.2. The molecule has 10 aromatic rings. The van der Waals surface area contributed by atoms with Crippen molar-refractivity contribution in [1.82, 2.24) is 0 Å². The standard InChI is InChI=1S/C40H36N2O3.C16H16I2O3.C12H11N.6C2H6.CH4/c1-5-13-33(14-6-1)41(34-15-7-2-8-16-34)37-21-25-39(26-22-37)44-31-29-43-30-32-45-40-27-23-38(24-28-40)42(35-17-9-3-10-18-35)36-19-11-4-12-20-36;17-13-1-5-15(6-2-13)20-11-9-19-10-12-21-16-7-3-14(18)4-8-16;1-3-7-11(8-4-1)13-12-9-5-2-6-10-12;6*1-2;/h1-28H,29-32H2;1-8H,9-12H2;1-10,13H;6*1-2H3;1H4. The van der Waals surface area contributed by atoms with Gasteiger partial charge in [0, 0.05) is 52.6 Å². The van der Waals surface area contributed by atoms with Gasteiger partial charge in [-0.05, 0) is 215 Å². The van der Waals surface area contributed by atoms with E-state index >= 15 is 0 Å². The Bertz CT molecular complexity index is 2900. The van der Waals surface area contributed by atoms with Crippen LogP contribution in [0.25, 0.3) is 0 Å². The lowest BCUT2D eigenvalue weighted by Gasteiger charge is -2.25. The smallest absolute Gasteiger partial charge is 0.119 e. The Labute approximate surface area is 582 Å². The van der Waals surface area contributed by atoms with E-state index in [9.17, 15) is 0 Å². The van der Waals surface area contributed by atoms with Crippen molar-refractivity contribution < 1.29 is 28.4 Å². The predicted octanol–water partition coefficient (Wildman–Crippen LogP) is 24.7. The molecular weight excluding hydrogens is 1360 g/mol. The van der Waals surface area contributed by atoms with Crippen molar-refractivity contribution in [3.05, 3.63) is 286 Å². The molecule has 1 N–H and O–H groups in total. The van der Waals surface area contributed by atoms with Crippen LogP contribution in [0.2, 0.25) is 0 Å². The van der Waals surface area contributed by atoms with Gasteiger partial charge in [0.2, 0.25) is 0 Å². The minimum absolute atomic E-state index is 0. The van der Waals surface area contributed by atoms with Gasteiger partial charge in [0.05, 0.1) is 26.4 Å². The number of nitrogens with zero attached hydrogens (tertiary/aromatic N) is 2. The molecule has 0 bridgehead atoms. The zero-order chi connectivity index (χ0) is 66.4. The summed E-state index contributed by atoms with van der Waals surface area (Å²) in [5.74, 6) is 3.35. The van der Waals surface area contributed by atoms with Gasteiger partial charge in [-0.2, -0.15) is 0 Å². The van der Waals surface area contributed by atoms with Gasteiger partial charge in [0.15, 0.2) is 0 Å². The topological polar surface area (TPSA) is 73.9 Å². The molecule has 10 aromatic carbocycles. The maximum atomic E-state index is 5.94.